The van der Waals surface area contributed by atoms with Crippen LogP contribution in [0, 0.1) is 11.5 Å². The zero-order chi connectivity index (χ0) is 5.82. The average molecular weight is 114 g/mol. The van der Waals surface area contributed by atoms with E-state index >= 15 is 0 Å². The fourth-order valence-corrected chi connectivity index (χ4v) is 0.331. The van der Waals surface area contributed by atoms with Gasteiger partial charge in [-0.15, -0.1) is 0 Å². The summed E-state index contributed by atoms with van der Waals surface area (Å²) >= 11 is 0. The van der Waals surface area contributed by atoms with Crippen LogP contribution in [-0.4, -0.2) is 19.3 Å². The van der Waals surface area contributed by atoms with Gasteiger partial charge in [-0.3, -0.25) is 4.84 Å². The molecule has 0 amide bonds. The Hall–Kier alpha value is -0.790. The van der Waals surface area contributed by atoms with Crippen molar-refractivity contribution in [2.75, 3.05) is 13.2 Å². The van der Waals surface area contributed by atoms with E-state index in [0.717, 1.165) is 6.61 Å². The van der Waals surface area contributed by atoms with Crippen LogP contribution in [0.5, 0.6) is 0 Å². The lowest BCUT2D eigenvalue weighted by molar-refractivity contribution is 0.0636. The molecule has 1 heterocycles. The molecule has 1 atom stereocenters. The monoisotopic (exact) mass is 114 g/mol. The number of hydrogen-bond donors (Lipinski definition) is 1. The van der Waals surface area contributed by atoms with Gasteiger partial charge >= 0.3 is 0 Å². The first-order valence-electron chi connectivity index (χ1n) is 2.31. The highest BCUT2D eigenvalue weighted by Gasteiger charge is 2.22. The maximum Gasteiger partial charge on any atom is 0.202 e. The van der Waals surface area contributed by atoms with Gasteiger partial charge < -0.3 is 4.74 Å². The molecule has 1 rings (SSSR count). The maximum atomic E-state index is 7.87. The summed E-state index contributed by atoms with van der Waals surface area (Å²) in [5, 5.41) is 7.87. The maximum absolute atomic E-state index is 7.87. The van der Waals surface area contributed by atoms with E-state index in [1.165, 1.54) is 0 Å². The molecule has 1 saturated heterocycles. The van der Waals surface area contributed by atoms with Gasteiger partial charge in [-0.2, -0.15) is 5.26 Å². The first-order chi connectivity index (χ1) is 3.93. The van der Waals surface area contributed by atoms with Gasteiger partial charge in [-0.25, -0.2) is 5.48 Å². The van der Waals surface area contributed by atoms with E-state index in [0.29, 0.717) is 6.61 Å². The Morgan fingerprint density at radius 1 is 2.00 bits per heavy atom. The van der Waals surface area contributed by atoms with Crippen molar-refractivity contribution in [2.24, 2.45) is 0 Å². The lowest BCUT2D eigenvalue weighted by Crippen LogP contribution is -2.11. The molecular weight excluding hydrogens is 108 g/mol. The Morgan fingerprint density at radius 3 is 3.25 bits per heavy atom. The summed E-state index contributed by atoms with van der Waals surface area (Å²) in [5.74, 6) is 0. The highest BCUT2D eigenvalue weighted by Crippen LogP contribution is 2.06. The minimum atomic E-state index is 0.218. The Balaban J connectivity index is 1.83. The molecular formula is C4H6N2O2. The SMILES string of the molecule is N#CNOCC1CO1. The highest BCUT2D eigenvalue weighted by atomic mass is 16.7. The zero-order valence-corrected chi connectivity index (χ0v) is 4.26. The smallest absolute Gasteiger partial charge is 0.202 e. The largest absolute Gasteiger partial charge is 0.371 e. The number of nitrogens with one attached hydrogen (secondary N) is 1. The zero-order valence-electron chi connectivity index (χ0n) is 4.26. The number of nitrogens with zero attached hydrogens (tertiary/aromatic N) is 1. The van der Waals surface area contributed by atoms with Gasteiger partial charge in [0.2, 0.25) is 6.19 Å². The van der Waals surface area contributed by atoms with Gasteiger partial charge in [0.1, 0.15) is 12.7 Å². The minimum absolute atomic E-state index is 0.218. The molecule has 1 N–H and O–H groups in total. The molecule has 1 aliphatic heterocycles. The van der Waals surface area contributed by atoms with Crippen molar-refractivity contribution in [2.45, 2.75) is 6.10 Å². The van der Waals surface area contributed by atoms with Crippen LogP contribution < -0.4 is 5.48 Å². The Bertz CT molecular complexity index is 105. The Labute approximate surface area is 47.0 Å². The van der Waals surface area contributed by atoms with Gasteiger partial charge in [-0.05, 0) is 0 Å². The topological polar surface area (TPSA) is 57.6 Å². The fraction of sp³-hybridized carbons (Fsp3) is 0.750. The summed E-state index contributed by atoms with van der Waals surface area (Å²) in [5.41, 5.74) is 2.05. The molecule has 44 valence electrons. The van der Waals surface area contributed by atoms with Crippen LogP contribution in [0.4, 0.5) is 0 Å². The van der Waals surface area contributed by atoms with Crippen LogP contribution >= 0.6 is 0 Å². The molecule has 1 fully saturated rings. The third-order valence-corrected chi connectivity index (χ3v) is 0.789. The lowest BCUT2D eigenvalue weighted by atomic mass is 10.5. The molecule has 0 spiro atoms. The van der Waals surface area contributed by atoms with E-state index in [1.54, 1.807) is 6.19 Å². The average Bonchev–Trinajstić information content (AvgIpc) is 2.51. The van der Waals surface area contributed by atoms with Crippen LogP contribution in [0.1, 0.15) is 0 Å². The Kier molecular flexibility index (Phi) is 1.67. The molecule has 4 heteroatoms. The van der Waals surface area contributed by atoms with Crippen molar-refractivity contribution in [3.8, 4) is 6.19 Å². The van der Waals surface area contributed by atoms with E-state index in [9.17, 15) is 0 Å². The third-order valence-electron chi connectivity index (χ3n) is 0.789. The van der Waals surface area contributed by atoms with Gasteiger partial charge in [-0.1, -0.05) is 0 Å². The van der Waals surface area contributed by atoms with E-state index in [4.69, 9.17) is 10.00 Å². The summed E-state index contributed by atoms with van der Waals surface area (Å²) in [6.07, 6.45) is 1.84. The van der Waals surface area contributed by atoms with Gasteiger partial charge in [0.25, 0.3) is 0 Å². The first kappa shape index (κ1) is 5.35. The lowest BCUT2D eigenvalue weighted by Gasteiger charge is -1.91. The summed E-state index contributed by atoms with van der Waals surface area (Å²) in [4.78, 5) is 4.57. The van der Waals surface area contributed by atoms with E-state index in [2.05, 4.69) is 4.84 Å². The molecule has 0 aliphatic carbocycles. The van der Waals surface area contributed by atoms with Gasteiger partial charge in [0.15, 0.2) is 0 Å². The second-order valence-corrected chi connectivity index (χ2v) is 1.48. The van der Waals surface area contributed by atoms with Crippen molar-refractivity contribution in [3.63, 3.8) is 0 Å². The number of rotatable bonds is 3. The molecule has 8 heavy (non-hydrogen) atoms. The van der Waals surface area contributed by atoms with Crippen LogP contribution in [0.15, 0.2) is 0 Å². The van der Waals surface area contributed by atoms with E-state index in [1.807, 2.05) is 5.48 Å². The quantitative estimate of drug-likeness (QED) is 0.175. The van der Waals surface area contributed by atoms with Gasteiger partial charge in [0, 0.05) is 0 Å². The van der Waals surface area contributed by atoms with Crippen LogP contribution in [-0.2, 0) is 9.57 Å². The normalized spacial score (nSPS) is 24.1. The van der Waals surface area contributed by atoms with Gasteiger partial charge in [0.05, 0.1) is 6.61 Å². The second-order valence-electron chi connectivity index (χ2n) is 1.48. The number of hydrogen-bond acceptors (Lipinski definition) is 4. The van der Waals surface area contributed by atoms with Crippen molar-refractivity contribution >= 4 is 0 Å². The van der Waals surface area contributed by atoms with Crippen LogP contribution in [0.2, 0.25) is 0 Å². The second kappa shape index (κ2) is 2.50. The van der Waals surface area contributed by atoms with E-state index in [-0.39, 0.29) is 6.10 Å². The molecule has 0 aromatic rings. The van der Waals surface area contributed by atoms with Crippen LogP contribution in [0.25, 0.3) is 0 Å². The van der Waals surface area contributed by atoms with Crippen molar-refractivity contribution < 1.29 is 9.57 Å². The molecule has 1 aliphatic rings. The first-order valence-corrected chi connectivity index (χ1v) is 2.31. The Morgan fingerprint density at radius 2 is 2.75 bits per heavy atom. The summed E-state index contributed by atoms with van der Waals surface area (Å²) in [6.45, 7) is 1.22. The van der Waals surface area contributed by atoms with Crippen LogP contribution in [0.3, 0.4) is 0 Å². The highest BCUT2D eigenvalue weighted by molar-refractivity contribution is 4.67. The molecule has 0 radical (unpaired) electrons. The van der Waals surface area contributed by atoms with Crippen molar-refractivity contribution in [1.82, 2.24) is 5.48 Å². The summed E-state index contributed by atoms with van der Waals surface area (Å²) in [6, 6.07) is 0. The van der Waals surface area contributed by atoms with E-state index < -0.39 is 0 Å². The molecule has 0 saturated carbocycles. The summed E-state index contributed by atoms with van der Waals surface area (Å²) in [7, 11) is 0. The number of nitriles is 1. The molecule has 4 nitrogen and oxygen atoms in total. The van der Waals surface area contributed by atoms with Crippen molar-refractivity contribution in [1.29, 1.82) is 5.26 Å². The standard InChI is InChI=1S/C4H6N2O2/c5-3-6-8-2-4-1-7-4/h4,6H,1-2H2. The predicted octanol–water partition coefficient (Wildman–Crippen LogP) is -0.613. The molecule has 0 bridgehead atoms. The number of epoxide rings is 1. The summed E-state index contributed by atoms with van der Waals surface area (Å²) < 4.78 is 4.78. The third kappa shape index (κ3) is 1.78. The predicted molar refractivity (Wildman–Crippen MR) is 24.4 cm³/mol. The van der Waals surface area contributed by atoms with Crippen molar-refractivity contribution in [3.05, 3.63) is 0 Å². The fourth-order valence-electron chi connectivity index (χ4n) is 0.331. The molecule has 0 aromatic carbocycles. The molecule has 1 unspecified atom stereocenters. The number of hydroxylamine groups is 1. The minimum Gasteiger partial charge on any atom is -0.371 e. The molecule has 0 aromatic heterocycles. The number of ether oxygens (including phenoxy) is 1.